The van der Waals surface area contributed by atoms with Crippen molar-refractivity contribution in [3.63, 3.8) is 0 Å². The fourth-order valence-corrected chi connectivity index (χ4v) is 4.55. The molecule has 4 atom stereocenters. The molecule has 2 aliphatic carbocycles. The summed E-state index contributed by atoms with van der Waals surface area (Å²) in [6, 6.07) is 0.656. The molecule has 0 aromatic rings. The summed E-state index contributed by atoms with van der Waals surface area (Å²) < 4.78 is 0. The minimum absolute atomic E-state index is 0.328. The van der Waals surface area contributed by atoms with Gasteiger partial charge in [0.25, 0.3) is 0 Å². The lowest BCUT2D eigenvalue weighted by Crippen LogP contribution is -2.35. The Morgan fingerprint density at radius 2 is 0.909 bits per heavy atom. The van der Waals surface area contributed by atoms with E-state index in [1.807, 2.05) is 0 Å². The smallest absolute Gasteiger partial charge is 0.0760 e. The summed E-state index contributed by atoms with van der Waals surface area (Å²) in [7, 11) is 0. The van der Waals surface area contributed by atoms with Crippen LogP contribution in [-0.4, -0.2) is 12.1 Å². The molecular formula is C20H30N2. The molecule has 22 heavy (non-hydrogen) atoms. The molecule has 2 nitrogen and oxygen atoms in total. The molecule has 0 bridgehead atoms. The molecule has 0 aromatic heterocycles. The van der Waals surface area contributed by atoms with Crippen LogP contribution >= 0.6 is 0 Å². The van der Waals surface area contributed by atoms with Crippen molar-refractivity contribution in [2.24, 2.45) is 45.7 Å². The van der Waals surface area contributed by atoms with E-state index in [-0.39, 0.29) is 0 Å². The second-order valence-electron chi connectivity index (χ2n) is 7.79. The minimum atomic E-state index is 0.328. The standard InChI is InChI=1S/C20H30N2/c1-7-17-9-13(3)19(14(4)10-17)21-22-20-15(5)11-18(8-2)12-16(20)6/h1-2,13-20H,9-12H2,3-6H3. The molecule has 2 saturated carbocycles. The van der Waals surface area contributed by atoms with Gasteiger partial charge in [0.05, 0.1) is 12.1 Å². The summed E-state index contributed by atoms with van der Waals surface area (Å²) in [5.74, 6) is 8.80. The molecule has 2 fully saturated rings. The summed E-state index contributed by atoms with van der Waals surface area (Å²) >= 11 is 0. The topological polar surface area (TPSA) is 24.7 Å². The predicted octanol–water partition coefficient (Wildman–Crippen LogP) is 4.81. The summed E-state index contributed by atoms with van der Waals surface area (Å²) in [6.07, 6.45) is 15.5. The molecule has 4 unspecified atom stereocenters. The Labute approximate surface area is 136 Å². The van der Waals surface area contributed by atoms with Gasteiger partial charge in [0.15, 0.2) is 0 Å². The number of rotatable bonds is 2. The van der Waals surface area contributed by atoms with Crippen LogP contribution in [-0.2, 0) is 0 Å². The number of nitrogens with zero attached hydrogens (tertiary/aromatic N) is 2. The van der Waals surface area contributed by atoms with Gasteiger partial charge in [-0.2, -0.15) is 10.2 Å². The SMILES string of the molecule is C#CC1CC(C)C(N=NC2C(C)CC(C#C)CC2C)C(C)C1. The van der Waals surface area contributed by atoms with Gasteiger partial charge in [-0.1, -0.05) is 27.7 Å². The van der Waals surface area contributed by atoms with Crippen molar-refractivity contribution >= 4 is 0 Å². The van der Waals surface area contributed by atoms with Crippen molar-refractivity contribution in [1.29, 1.82) is 0 Å². The van der Waals surface area contributed by atoms with Gasteiger partial charge in [0.2, 0.25) is 0 Å². The van der Waals surface area contributed by atoms with Gasteiger partial charge in [0.1, 0.15) is 0 Å². The van der Waals surface area contributed by atoms with E-state index in [1.165, 1.54) is 0 Å². The first-order valence-electron chi connectivity index (χ1n) is 8.78. The summed E-state index contributed by atoms with van der Waals surface area (Å²) in [5, 5.41) is 9.59. The van der Waals surface area contributed by atoms with Gasteiger partial charge in [0, 0.05) is 11.8 Å². The van der Waals surface area contributed by atoms with Crippen molar-refractivity contribution in [3.05, 3.63) is 0 Å². The van der Waals surface area contributed by atoms with Crippen LogP contribution < -0.4 is 0 Å². The average Bonchev–Trinajstić information content (AvgIpc) is 2.47. The molecule has 2 rings (SSSR count). The lowest BCUT2D eigenvalue weighted by atomic mass is 9.73. The van der Waals surface area contributed by atoms with Gasteiger partial charge in [-0.25, -0.2) is 0 Å². The first-order chi connectivity index (χ1) is 10.5. The molecule has 0 aliphatic heterocycles. The molecule has 120 valence electrons. The summed E-state index contributed by atoms with van der Waals surface area (Å²) in [4.78, 5) is 0. The summed E-state index contributed by atoms with van der Waals surface area (Å²) in [5.41, 5.74) is 0. The van der Waals surface area contributed by atoms with Crippen molar-refractivity contribution in [1.82, 2.24) is 0 Å². The van der Waals surface area contributed by atoms with Gasteiger partial charge in [-0.05, 0) is 49.4 Å². The third kappa shape index (κ3) is 3.73. The second-order valence-corrected chi connectivity index (χ2v) is 7.79. The van der Waals surface area contributed by atoms with Crippen molar-refractivity contribution in [2.75, 3.05) is 0 Å². The molecule has 2 aliphatic rings. The monoisotopic (exact) mass is 298 g/mol. The Kier molecular flexibility index (Phi) is 5.69. The predicted molar refractivity (Wildman–Crippen MR) is 92.2 cm³/mol. The largest absolute Gasteiger partial charge is 0.190 e. The lowest BCUT2D eigenvalue weighted by Gasteiger charge is -2.36. The zero-order valence-electron chi connectivity index (χ0n) is 14.5. The molecule has 0 radical (unpaired) electrons. The van der Waals surface area contributed by atoms with Crippen LogP contribution in [0, 0.1) is 60.2 Å². The normalized spacial score (nSPS) is 46.1. The number of hydrogen-bond acceptors (Lipinski definition) is 2. The van der Waals surface area contributed by atoms with Crippen LogP contribution in [0.5, 0.6) is 0 Å². The molecular weight excluding hydrogens is 268 g/mol. The molecule has 2 heteroatoms. The Hall–Kier alpha value is -1.28. The van der Waals surface area contributed by atoms with E-state index in [9.17, 15) is 0 Å². The van der Waals surface area contributed by atoms with Crippen LogP contribution in [0.25, 0.3) is 0 Å². The van der Waals surface area contributed by atoms with Crippen LogP contribution in [0.2, 0.25) is 0 Å². The van der Waals surface area contributed by atoms with Gasteiger partial charge in [-0.15, -0.1) is 24.7 Å². The number of azo groups is 1. The third-order valence-corrected chi connectivity index (χ3v) is 5.76. The number of hydrogen-bond donors (Lipinski definition) is 0. The Morgan fingerprint density at radius 1 is 0.636 bits per heavy atom. The zero-order valence-corrected chi connectivity index (χ0v) is 14.5. The van der Waals surface area contributed by atoms with Crippen LogP contribution in [0.4, 0.5) is 0 Å². The van der Waals surface area contributed by atoms with E-state index in [4.69, 9.17) is 23.1 Å². The fraction of sp³-hybridized carbons (Fsp3) is 0.800. The highest BCUT2D eigenvalue weighted by Crippen LogP contribution is 2.38. The van der Waals surface area contributed by atoms with Gasteiger partial charge in [-0.3, -0.25) is 0 Å². The van der Waals surface area contributed by atoms with Crippen molar-refractivity contribution < 1.29 is 0 Å². The minimum Gasteiger partial charge on any atom is -0.190 e. The maximum atomic E-state index is 5.61. The van der Waals surface area contributed by atoms with Crippen molar-refractivity contribution in [2.45, 2.75) is 65.5 Å². The molecule has 0 aromatic carbocycles. The zero-order chi connectivity index (χ0) is 16.3. The fourth-order valence-electron chi connectivity index (χ4n) is 4.55. The van der Waals surface area contributed by atoms with Gasteiger partial charge >= 0.3 is 0 Å². The van der Waals surface area contributed by atoms with Crippen LogP contribution in [0.15, 0.2) is 10.2 Å². The average molecular weight is 298 g/mol. The molecule has 0 spiro atoms. The molecule has 0 saturated heterocycles. The molecule has 0 N–H and O–H groups in total. The van der Waals surface area contributed by atoms with E-state index in [2.05, 4.69) is 39.5 Å². The number of terminal acetylenes is 2. The van der Waals surface area contributed by atoms with E-state index >= 15 is 0 Å². The second kappa shape index (κ2) is 7.32. The highest BCUT2D eigenvalue weighted by atomic mass is 15.2. The van der Waals surface area contributed by atoms with E-state index < -0.39 is 0 Å². The van der Waals surface area contributed by atoms with Crippen LogP contribution in [0.3, 0.4) is 0 Å². The first kappa shape index (κ1) is 17.1. The Morgan fingerprint density at radius 3 is 1.14 bits per heavy atom. The van der Waals surface area contributed by atoms with Crippen molar-refractivity contribution in [3.8, 4) is 24.7 Å². The third-order valence-electron chi connectivity index (χ3n) is 5.76. The first-order valence-corrected chi connectivity index (χ1v) is 8.78. The Balaban J connectivity index is 2.02. The summed E-state index contributed by atoms with van der Waals surface area (Å²) in [6.45, 7) is 9.08. The van der Waals surface area contributed by atoms with Crippen LogP contribution in [0.1, 0.15) is 53.4 Å². The Bertz CT molecular complexity index is 413. The van der Waals surface area contributed by atoms with E-state index in [0.29, 0.717) is 47.6 Å². The molecule has 0 amide bonds. The highest BCUT2D eigenvalue weighted by molar-refractivity contribution is 5.01. The quantitative estimate of drug-likeness (QED) is 0.516. The maximum absolute atomic E-state index is 5.61. The lowest BCUT2D eigenvalue weighted by molar-refractivity contribution is 0.184. The highest BCUT2D eigenvalue weighted by Gasteiger charge is 2.35. The maximum Gasteiger partial charge on any atom is 0.0760 e. The van der Waals surface area contributed by atoms with E-state index in [1.54, 1.807) is 0 Å². The van der Waals surface area contributed by atoms with E-state index in [0.717, 1.165) is 25.7 Å². The van der Waals surface area contributed by atoms with Gasteiger partial charge < -0.3 is 0 Å². The molecule has 0 heterocycles.